The average Bonchev–Trinajstić information content (AvgIpc) is 2.34. The van der Waals surface area contributed by atoms with E-state index in [1.54, 1.807) is 0 Å². The fourth-order valence-corrected chi connectivity index (χ4v) is 2.62. The van der Waals surface area contributed by atoms with E-state index < -0.39 is 0 Å². The second-order valence-electron chi connectivity index (χ2n) is 4.71. The highest BCUT2D eigenvalue weighted by Gasteiger charge is 1.99. The van der Waals surface area contributed by atoms with Gasteiger partial charge in [-0.2, -0.15) is 0 Å². The number of hydrogen-bond acceptors (Lipinski definition) is 2. The standard InChI is InChI=1S/C15H24OS/c1-13(2)14-7-9-15(10-8-14)17-12-6-4-3-5-11-16/h7-10,13,16H,3-6,11-12H2,1-2H3. The highest BCUT2D eigenvalue weighted by Crippen LogP contribution is 2.22. The Labute approximate surface area is 110 Å². The van der Waals surface area contributed by atoms with Gasteiger partial charge in [-0.25, -0.2) is 0 Å². The normalized spacial score (nSPS) is 11.1. The third-order valence-electron chi connectivity index (χ3n) is 2.87. The highest BCUT2D eigenvalue weighted by molar-refractivity contribution is 7.99. The Balaban J connectivity index is 2.19. The molecule has 0 heterocycles. The molecule has 0 aliphatic carbocycles. The Hall–Kier alpha value is -0.470. The van der Waals surface area contributed by atoms with Crippen molar-refractivity contribution in [2.45, 2.75) is 50.3 Å². The number of thioether (sulfide) groups is 1. The Morgan fingerprint density at radius 1 is 1.00 bits per heavy atom. The zero-order valence-electron chi connectivity index (χ0n) is 11.0. The first-order chi connectivity index (χ1) is 8.24. The van der Waals surface area contributed by atoms with Crippen LogP contribution in [0.15, 0.2) is 29.2 Å². The van der Waals surface area contributed by atoms with Crippen LogP contribution in [0.3, 0.4) is 0 Å². The molecule has 1 aromatic rings. The van der Waals surface area contributed by atoms with Crippen molar-refractivity contribution >= 4 is 11.8 Å². The van der Waals surface area contributed by atoms with Crippen LogP contribution in [-0.2, 0) is 0 Å². The smallest absolute Gasteiger partial charge is 0.0431 e. The molecule has 0 bridgehead atoms. The molecule has 96 valence electrons. The summed E-state index contributed by atoms with van der Waals surface area (Å²) < 4.78 is 0. The van der Waals surface area contributed by atoms with Gasteiger partial charge in [0.25, 0.3) is 0 Å². The predicted octanol–water partition coefficient (Wildman–Crippen LogP) is 4.45. The SMILES string of the molecule is CC(C)c1ccc(SCCCCCCO)cc1. The first-order valence-electron chi connectivity index (χ1n) is 6.57. The maximum absolute atomic E-state index is 8.67. The summed E-state index contributed by atoms with van der Waals surface area (Å²) in [5.74, 6) is 1.81. The number of benzene rings is 1. The molecule has 2 heteroatoms. The summed E-state index contributed by atoms with van der Waals surface area (Å²) in [7, 11) is 0. The Kier molecular flexibility index (Phi) is 7.38. The van der Waals surface area contributed by atoms with Crippen LogP contribution in [-0.4, -0.2) is 17.5 Å². The van der Waals surface area contributed by atoms with Gasteiger partial charge in [-0.15, -0.1) is 11.8 Å². The summed E-state index contributed by atoms with van der Waals surface area (Å²) in [5.41, 5.74) is 1.41. The molecule has 0 aliphatic rings. The van der Waals surface area contributed by atoms with Gasteiger partial charge in [0, 0.05) is 11.5 Å². The molecule has 0 unspecified atom stereocenters. The van der Waals surface area contributed by atoms with Crippen molar-refractivity contribution < 1.29 is 5.11 Å². The summed E-state index contributed by atoms with van der Waals surface area (Å²) in [6.45, 7) is 4.79. The van der Waals surface area contributed by atoms with Crippen molar-refractivity contribution in [2.75, 3.05) is 12.4 Å². The van der Waals surface area contributed by atoms with Gasteiger partial charge >= 0.3 is 0 Å². The van der Waals surface area contributed by atoms with E-state index in [4.69, 9.17) is 5.11 Å². The van der Waals surface area contributed by atoms with Crippen LogP contribution in [0.4, 0.5) is 0 Å². The van der Waals surface area contributed by atoms with Crippen LogP contribution in [0.5, 0.6) is 0 Å². The first-order valence-corrected chi connectivity index (χ1v) is 7.56. The fourth-order valence-electron chi connectivity index (χ4n) is 1.71. The van der Waals surface area contributed by atoms with Crippen molar-refractivity contribution in [3.05, 3.63) is 29.8 Å². The molecule has 0 atom stereocenters. The van der Waals surface area contributed by atoms with Crippen molar-refractivity contribution in [3.8, 4) is 0 Å². The Morgan fingerprint density at radius 2 is 1.65 bits per heavy atom. The molecule has 0 saturated carbocycles. The molecule has 0 aliphatic heterocycles. The quantitative estimate of drug-likeness (QED) is 0.544. The minimum atomic E-state index is 0.337. The molecule has 1 rings (SSSR count). The van der Waals surface area contributed by atoms with E-state index in [0.29, 0.717) is 12.5 Å². The van der Waals surface area contributed by atoms with Gasteiger partial charge in [0.05, 0.1) is 0 Å². The zero-order valence-corrected chi connectivity index (χ0v) is 11.8. The Bertz CT molecular complexity index is 292. The van der Waals surface area contributed by atoms with Crippen molar-refractivity contribution in [1.82, 2.24) is 0 Å². The third-order valence-corrected chi connectivity index (χ3v) is 3.97. The highest BCUT2D eigenvalue weighted by atomic mass is 32.2. The fraction of sp³-hybridized carbons (Fsp3) is 0.600. The topological polar surface area (TPSA) is 20.2 Å². The van der Waals surface area contributed by atoms with Crippen LogP contribution >= 0.6 is 11.8 Å². The molecule has 0 radical (unpaired) electrons. The van der Waals surface area contributed by atoms with Gasteiger partial charge in [0.2, 0.25) is 0 Å². The predicted molar refractivity (Wildman–Crippen MR) is 76.8 cm³/mol. The summed E-state index contributed by atoms with van der Waals surface area (Å²) >= 11 is 1.94. The Morgan fingerprint density at radius 3 is 2.24 bits per heavy atom. The van der Waals surface area contributed by atoms with E-state index in [-0.39, 0.29) is 0 Å². The van der Waals surface area contributed by atoms with E-state index >= 15 is 0 Å². The lowest BCUT2D eigenvalue weighted by Crippen LogP contribution is -1.87. The molecule has 1 aromatic carbocycles. The monoisotopic (exact) mass is 252 g/mol. The van der Waals surface area contributed by atoms with Crippen LogP contribution < -0.4 is 0 Å². The first kappa shape index (κ1) is 14.6. The maximum atomic E-state index is 8.67. The number of aliphatic hydroxyl groups is 1. The van der Waals surface area contributed by atoms with Crippen LogP contribution in [0, 0.1) is 0 Å². The van der Waals surface area contributed by atoms with Crippen LogP contribution in [0.1, 0.15) is 51.0 Å². The van der Waals surface area contributed by atoms with Gasteiger partial charge in [0.15, 0.2) is 0 Å². The summed E-state index contributed by atoms with van der Waals surface area (Å²) in [6.07, 6.45) is 4.59. The van der Waals surface area contributed by atoms with Gasteiger partial charge in [-0.3, -0.25) is 0 Å². The molecular weight excluding hydrogens is 228 g/mol. The second-order valence-corrected chi connectivity index (χ2v) is 5.88. The molecular formula is C15H24OS. The number of aliphatic hydroxyl groups excluding tert-OH is 1. The lowest BCUT2D eigenvalue weighted by molar-refractivity contribution is 0.283. The number of unbranched alkanes of at least 4 members (excludes halogenated alkanes) is 3. The summed E-state index contributed by atoms with van der Waals surface area (Å²) in [5, 5.41) is 8.67. The second kappa shape index (κ2) is 8.60. The zero-order chi connectivity index (χ0) is 12.5. The lowest BCUT2D eigenvalue weighted by atomic mass is 10.0. The van der Waals surface area contributed by atoms with Gasteiger partial charge < -0.3 is 5.11 Å². The minimum absolute atomic E-state index is 0.337. The molecule has 0 aromatic heterocycles. The molecule has 0 amide bonds. The minimum Gasteiger partial charge on any atom is -0.396 e. The van der Waals surface area contributed by atoms with Crippen molar-refractivity contribution in [1.29, 1.82) is 0 Å². The van der Waals surface area contributed by atoms with Crippen molar-refractivity contribution in [3.63, 3.8) is 0 Å². The molecule has 1 nitrogen and oxygen atoms in total. The van der Waals surface area contributed by atoms with Gasteiger partial charge in [-0.1, -0.05) is 38.8 Å². The molecule has 0 saturated heterocycles. The number of hydrogen-bond donors (Lipinski definition) is 1. The van der Waals surface area contributed by atoms with E-state index in [0.717, 1.165) is 12.8 Å². The third kappa shape index (κ3) is 6.13. The molecule has 0 spiro atoms. The molecule has 0 fully saturated rings. The van der Waals surface area contributed by atoms with E-state index in [1.165, 1.54) is 29.1 Å². The summed E-state index contributed by atoms with van der Waals surface area (Å²) in [6, 6.07) is 8.93. The molecule has 1 N–H and O–H groups in total. The van der Waals surface area contributed by atoms with E-state index in [1.807, 2.05) is 11.8 Å². The largest absolute Gasteiger partial charge is 0.396 e. The average molecular weight is 252 g/mol. The van der Waals surface area contributed by atoms with E-state index in [2.05, 4.69) is 38.1 Å². The number of rotatable bonds is 8. The van der Waals surface area contributed by atoms with Crippen LogP contribution in [0.25, 0.3) is 0 Å². The lowest BCUT2D eigenvalue weighted by Gasteiger charge is -2.06. The van der Waals surface area contributed by atoms with Gasteiger partial charge in [0.1, 0.15) is 0 Å². The van der Waals surface area contributed by atoms with E-state index in [9.17, 15) is 0 Å². The maximum Gasteiger partial charge on any atom is 0.0431 e. The summed E-state index contributed by atoms with van der Waals surface area (Å²) in [4.78, 5) is 1.37. The van der Waals surface area contributed by atoms with Crippen molar-refractivity contribution in [2.24, 2.45) is 0 Å². The van der Waals surface area contributed by atoms with Crippen LogP contribution in [0.2, 0.25) is 0 Å². The van der Waals surface area contributed by atoms with Gasteiger partial charge in [-0.05, 0) is 42.2 Å². The molecule has 17 heavy (non-hydrogen) atoms.